The quantitative estimate of drug-likeness (QED) is 0.409. The number of carbonyl (C=O) groups is 1. The highest BCUT2D eigenvalue weighted by Gasteiger charge is 2.36. The second-order valence-electron chi connectivity index (χ2n) is 9.39. The summed E-state index contributed by atoms with van der Waals surface area (Å²) in [6.45, 7) is 11.7. The van der Waals surface area contributed by atoms with Gasteiger partial charge in [-0.1, -0.05) is 82.3 Å². The minimum atomic E-state index is -0.243. The van der Waals surface area contributed by atoms with Crippen LogP contribution in [0.2, 0.25) is 0 Å². The standard InChI is InChI=1S/C27H34O2/c1-6-29-25(28)22(21-12-8-7-9-13-21)14-10-11-20-15-16-23-24(19-20)27(4,5)18-17-26(23,2)3/h7-9,12-16,19H,6,10-11,17-18H2,1-5H3/b22-14+. The van der Waals surface area contributed by atoms with Gasteiger partial charge in [0.25, 0.3) is 0 Å². The molecule has 0 heterocycles. The predicted molar refractivity (Wildman–Crippen MR) is 121 cm³/mol. The molecule has 2 aromatic rings. The van der Waals surface area contributed by atoms with Crippen LogP contribution in [0.25, 0.3) is 5.57 Å². The van der Waals surface area contributed by atoms with Crippen molar-refractivity contribution in [2.24, 2.45) is 0 Å². The number of hydrogen-bond donors (Lipinski definition) is 0. The molecule has 1 aliphatic rings. The molecule has 0 unspecified atom stereocenters. The molecule has 0 atom stereocenters. The molecule has 0 aliphatic heterocycles. The first kappa shape index (κ1) is 21.4. The molecule has 1 aliphatic carbocycles. The Morgan fingerprint density at radius 2 is 1.62 bits per heavy atom. The highest BCUT2D eigenvalue weighted by Crippen LogP contribution is 2.45. The van der Waals surface area contributed by atoms with Gasteiger partial charge in [0.15, 0.2) is 0 Å². The van der Waals surface area contributed by atoms with Crippen LogP contribution in [0.4, 0.5) is 0 Å². The molecule has 2 heteroatoms. The molecule has 3 rings (SSSR count). The first-order valence-corrected chi connectivity index (χ1v) is 10.8. The first-order chi connectivity index (χ1) is 13.7. The lowest BCUT2D eigenvalue weighted by molar-refractivity contribution is -0.136. The van der Waals surface area contributed by atoms with E-state index in [4.69, 9.17) is 4.74 Å². The maximum atomic E-state index is 12.4. The lowest BCUT2D eigenvalue weighted by Gasteiger charge is -2.42. The molecule has 0 spiro atoms. The second-order valence-corrected chi connectivity index (χ2v) is 9.39. The third-order valence-corrected chi connectivity index (χ3v) is 6.28. The monoisotopic (exact) mass is 390 g/mol. The maximum Gasteiger partial charge on any atom is 0.338 e. The molecule has 0 saturated carbocycles. The van der Waals surface area contributed by atoms with Gasteiger partial charge in [0.1, 0.15) is 0 Å². The molecule has 0 bridgehead atoms. The van der Waals surface area contributed by atoms with E-state index in [0.717, 1.165) is 18.4 Å². The third kappa shape index (κ3) is 4.80. The van der Waals surface area contributed by atoms with Crippen LogP contribution in [0.5, 0.6) is 0 Å². The SMILES string of the molecule is CCOC(=O)/C(=C/CCc1ccc2c(c1)C(C)(C)CCC2(C)C)c1ccccc1. The zero-order valence-electron chi connectivity index (χ0n) is 18.5. The lowest BCUT2D eigenvalue weighted by atomic mass is 9.63. The van der Waals surface area contributed by atoms with E-state index < -0.39 is 0 Å². The molecule has 0 amide bonds. The normalized spacial score (nSPS) is 17.5. The van der Waals surface area contributed by atoms with Gasteiger partial charge in [0.05, 0.1) is 12.2 Å². The molecule has 154 valence electrons. The van der Waals surface area contributed by atoms with E-state index in [1.165, 1.54) is 29.5 Å². The maximum absolute atomic E-state index is 12.4. The molecular formula is C27H34O2. The summed E-state index contributed by atoms with van der Waals surface area (Å²) in [7, 11) is 0. The van der Waals surface area contributed by atoms with E-state index in [1.807, 2.05) is 43.3 Å². The largest absolute Gasteiger partial charge is 0.462 e. The zero-order valence-corrected chi connectivity index (χ0v) is 18.5. The van der Waals surface area contributed by atoms with E-state index in [0.29, 0.717) is 12.2 Å². The molecule has 2 aromatic carbocycles. The number of ether oxygens (including phenoxy) is 1. The zero-order chi connectivity index (χ0) is 21.1. The highest BCUT2D eigenvalue weighted by atomic mass is 16.5. The Labute approximate surface area is 176 Å². The van der Waals surface area contributed by atoms with Gasteiger partial charge in [0.2, 0.25) is 0 Å². The number of aryl methyl sites for hydroxylation is 1. The molecule has 0 saturated heterocycles. The average Bonchev–Trinajstić information content (AvgIpc) is 2.70. The number of fused-ring (bicyclic) bond motifs is 1. The lowest BCUT2D eigenvalue weighted by Crippen LogP contribution is -2.33. The van der Waals surface area contributed by atoms with Gasteiger partial charge in [-0.25, -0.2) is 4.79 Å². The van der Waals surface area contributed by atoms with Crippen molar-refractivity contribution in [3.8, 4) is 0 Å². The first-order valence-electron chi connectivity index (χ1n) is 10.8. The predicted octanol–water partition coefficient (Wildman–Crippen LogP) is 6.61. The van der Waals surface area contributed by atoms with Crippen LogP contribution in [-0.2, 0) is 26.8 Å². The smallest absolute Gasteiger partial charge is 0.338 e. The van der Waals surface area contributed by atoms with Crippen LogP contribution >= 0.6 is 0 Å². The van der Waals surface area contributed by atoms with Crippen LogP contribution in [0, 0.1) is 0 Å². The van der Waals surface area contributed by atoms with Gasteiger partial charge in [-0.2, -0.15) is 0 Å². The van der Waals surface area contributed by atoms with Gasteiger partial charge < -0.3 is 4.74 Å². The Bertz CT molecular complexity index is 888. The van der Waals surface area contributed by atoms with E-state index in [1.54, 1.807) is 0 Å². The Kier molecular flexibility index (Phi) is 6.31. The molecule has 0 N–H and O–H groups in total. The summed E-state index contributed by atoms with van der Waals surface area (Å²) >= 11 is 0. The second kappa shape index (κ2) is 8.57. The fraction of sp³-hybridized carbons (Fsp3) is 0.444. The van der Waals surface area contributed by atoms with Gasteiger partial charge in [0, 0.05) is 0 Å². The fourth-order valence-electron chi connectivity index (χ4n) is 4.32. The van der Waals surface area contributed by atoms with Crippen molar-refractivity contribution in [1.82, 2.24) is 0 Å². The van der Waals surface area contributed by atoms with Gasteiger partial charge in [-0.15, -0.1) is 0 Å². The number of rotatable bonds is 6. The van der Waals surface area contributed by atoms with Gasteiger partial charge in [-0.05, 0) is 65.7 Å². The van der Waals surface area contributed by atoms with Crippen LogP contribution in [0.1, 0.15) is 76.1 Å². The van der Waals surface area contributed by atoms with Crippen molar-refractivity contribution < 1.29 is 9.53 Å². The van der Waals surface area contributed by atoms with Crippen LogP contribution < -0.4 is 0 Å². The number of benzene rings is 2. The van der Waals surface area contributed by atoms with Gasteiger partial charge >= 0.3 is 5.97 Å². The highest BCUT2D eigenvalue weighted by molar-refractivity contribution is 6.16. The summed E-state index contributed by atoms with van der Waals surface area (Å²) in [5.41, 5.74) is 6.35. The Balaban J connectivity index is 1.82. The van der Waals surface area contributed by atoms with E-state index in [2.05, 4.69) is 45.9 Å². The summed E-state index contributed by atoms with van der Waals surface area (Å²) in [4.78, 5) is 12.4. The molecule has 0 aromatic heterocycles. The van der Waals surface area contributed by atoms with E-state index in [9.17, 15) is 4.79 Å². The molecule has 29 heavy (non-hydrogen) atoms. The molecule has 0 radical (unpaired) electrons. The average molecular weight is 391 g/mol. The number of esters is 1. The Hall–Kier alpha value is -2.35. The van der Waals surface area contributed by atoms with Crippen LogP contribution in [-0.4, -0.2) is 12.6 Å². The fourth-order valence-corrected chi connectivity index (χ4v) is 4.32. The molecule has 0 fully saturated rings. The van der Waals surface area contributed by atoms with Crippen LogP contribution in [0.15, 0.2) is 54.6 Å². The van der Waals surface area contributed by atoms with Crippen molar-refractivity contribution >= 4 is 11.5 Å². The number of hydrogen-bond acceptors (Lipinski definition) is 2. The summed E-state index contributed by atoms with van der Waals surface area (Å²) in [5.74, 6) is -0.243. The van der Waals surface area contributed by atoms with E-state index >= 15 is 0 Å². The summed E-state index contributed by atoms with van der Waals surface area (Å²) in [6, 6.07) is 16.8. The number of allylic oxidation sites excluding steroid dienone is 1. The summed E-state index contributed by atoms with van der Waals surface area (Å²) in [5, 5.41) is 0. The van der Waals surface area contributed by atoms with E-state index in [-0.39, 0.29) is 16.8 Å². The van der Waals surface area contributed by atoms with Crippen LogP contribution in [0.3, 0.4) is 0 Å². The van der Waals surface area contributed by atoms with Gasteiger partial charge in [-0.3, -0.25) is 0 Å². The topological polar surface area (TPSA) is 26.3 Å². The van der Waals surface area contributed by atoms with Crippen molar-refractivity contribution in [2.75, 3.05) is 6.61 Å². The minimum Gasteiger partial charge on any atom is -0.462 e. The van der Waals surface area contributed by atoms with Crippen molar-refractivity contribution in [3.05, 3.63) is 76.9 Å². The third-order valence-electron chi connectivity index (χ3n) is 6.28. The summed E-state index contributed by atoms with van der Waals surface area (Å²) < 4.78 is 5.28. The number of carbonyl (C=O) groups excluding carboxylic acids is 1. The molecular weight excluding hydrogens is 356 g/mol. The Morgan fingerprint density at radius 3 is 2.28 bits per heavy atom. The van der Waals surface area contributed by atoms with Crippen molar-refractivity contribution in [1.29, 1.82) is 0 Å². The van der Waals surface area contributed by atoms with Crippen molar-refractivity contribution in [3.63, 3.8) is 0 Å². The van der Waals surface area contributed by atoms with Crippen molar-refractivity contribution in [2.45, 2.75) is 71.1 Å². The summed E-state index contributed by atoms with van der Waals surface area (Å²) in [6.07, 6.45) is 6.21. The minimum absolute atomic E-state index is 0.219. The Morgan fingerprint density at radius 1 is 0.966 bits per heavy atom. The molecule has 2 nitrogen and oxygen atoms in total.